The number of aromatic nitrogens is 2. The fraction of sp³-hybridized carbons (Fsp3) is 0.0588. The van der Waals surface area contributed by atoms with Crippen LogP contribution in [0.25, 0.3) is 0 Å². The van der Waals surface area contributed by atoms with Crippen molar-refractivity contribution in [2.24, 2.45) is 0 Å². The highest BCUT2D eigenvalue weighted by molar-refractivity contribution is 9.10. The maximum absolute atomic E-state index is 13.2. The highest BCUT2D eigenvalue weighted by Crippen LogP contribution is 2.24. The maximum Gasteiger partial charge on any atom is 0.224 e. The Morgan fingerprint density at radius 2 is 2.00 bits per heavy atom. The van der Waals surface area contributed by atoms with Gasteiger partial charge in [-0.25, -0.2) is 14.4 Å². The van der Waals surface area contributed by atoms with E-state index in [1.54, 1.807) is 24.5 Å². The number of halogens is 2. The minimum Gasteiger partial charge on any atom is -0.439 e. The number of nitrogens with one attached hydrogen (secondary N) is 1. The van der Waals surface area contributed by atoms with Gasteiger partial charge in [-0.05, 0) is 46.3 Å². The van der Waals surface area contributed by atoms with Gasteiger partial charge in [0.25, 0.3) is 0 Å². The summed E-state index contributed by atoms with van der Waals surface area (Å²) in [5.74, 6) is 1.24. The van der Waals surface area contributed by atoms with Crippen LogP contribution in [0.15, 0.2) is 65.4 Å². The van der Waals surface area contributed by atoms with Crippen molar-refractivity contribution in [1.82, 2.24) is 9.97 Å². The van der Waals surface area contributed by atoms with Crippen LogP contribution in [-0.2, 0) is 6.54 Å². The highest BCUT2D eigenvalue weighted by Gasteiger charge is 2.07. The summed E-state index contributed by atoms with van der Waals surface area (Å²) >= 11 is 3.35. The molecule has 23 heavy (non-hydrogen) atoms. The summed E-state index contributed by atoms with van der Waals surface area (Å²) in [5.41, 5.74) is 0.849. The van der Waals surface area contributed by atoms with E-state index < -0.39 is 0 Å². The van der Waals surface area contributed by atoms with Crippen molar-refractivity contribution < 1.29 is 9.13 Å². The Hall–Kier alpha value is -2.47. The lowest BCUT2D eigenvalue weighted by Gasteiger charge is -2.11. The first-order valence-electron chi connectivity index (χ1n) is 6.93. The molecule has 4 nitrogen and oxygen atoms in total. The maximum atomic E-state index is 13.2. The van der Waals surface area contributed by atoms with Crippen molar-refractivity contribution in [3.05, 3.63) is 76.8 Å². The van der Waals surface area contributed by atoms with E-state index in [-0.39, 0.29) is 5.82 Å². The second-order valence-corrected chi connectivity index (χ2v) is 5.66. The number of hydrogen-bond acceptors (Lipinski definition) is 4. The molecule has 0 fully saturated rings. The fourth-order valence-electron chi connectivity index (χ4n) is 1.96. The van der Waals surface area contributed by atoms with E-state index in [2.05, 4.69) is 31.2 Å². The minimum absolute atomic E-state index is 0.350. The zero-order valence-corrected chi connectivity index (χ0v) is 13.6. The number of benzene rings is 1. The second kappa shape index (κ2) is 7.19. The highest BCUT2D eigenvalue weighted by atomic mass is 79.9. The first-order chi connectivity index (χ1) is 11.2. The van der Waals surface area contributed by atoms with E-state index in [4.69, 9.17) is 4.74 Å². The minimum atomic E-state index is -0.350. The van der Waals surface area contributed by atoms with Crippen molar-refractivity contribution in [2.45, 2.75) is 6.54 Å². The number of hydrogen-bond donors (Lipinski definition) is 1. The average molecular weight is 374 g/mol. The summed E-state index contributed by atoms with van der Waals surface area (Å²) in [6.45, 7) is 0.493. The summed E-state index contributed by atoms with van der Waals surface area (Å²) in [6.07, 6.45) is 3.35. The Balaban J connectivity index is 1.74. The smallest absolute Gasteiger partial charge is 0.224 e. The summed E-state index contributed by atoms with van der Waals surface area (Å²) in [5, 5.41) is 3.20. The van der Waals surface area contributed by atoms with Gasteiger partial charge < -0.3 is 10.1 Å². The molecule has 3 aromatic rings. The Labute approximate surface area is 141 Å². The van der Waals surface area contributed by atoms with Gasteiger partial charge in [-0.3, -0.25) is 0 Å². The van der Waals surface area contributed by atoms with Gasteiger partial charge in [0.2, 0.25) is 5.88 Å². The van der Waals surface area contributed by atoms with Crippen molar-refractivity contribution >= 4 is 21.7 Å². The molecule has 0 spiro atoms. The van der Waals surface area contributed by atoms with Gasteiger partial charge >= 0.3 is 0 Å². The van der Waals surface area contributed by atoms with Gasteiger partial charge in [0.15, 0.2) is 0 Å². The lowest BCUT2D eigenvalue weighted by atomic mass is 10.2. The second-order valence-electron chi connectivity index (χ2n) is 4.74. The molecule has 0 aliphatic heterocycles. The zero-order valence-electron chi connectivity index (χ0n) is 12.0. The zero-order chi connectivity index (χ0) is 16.1. The predicted octanol–water partition coefficient (Wildman–Crippen LogP) is 4.78. The van der Waals surface area contributed by atoms with Crippen molar-refractivity contribution in [1.29, 1.82) is 0 Å². The van der Waals surface area contributed by atoms with Crippen LogP contribution in [0.5, 0.6) is 11.6 Å². The van der Waals surface area contributed by atoms with Crippen LogP contribution >= 0.6 is 15.9 Å². The number of ether oxygens (including phenoxy) is 1. The molecule has 1 aromatic carbocycles. The van der Waals surface area contributed by atoms with Crippen LogP contribution in [0.2, 0.25) is 0 Å². The lowest BCUT2D eigenvalue weighted by Crippen LogP contribution is -2.03. The van der Waals surface area contributed by atoms with E-state index in [0.717, 1.165) is 15.9 Å². The SMILES string of the molecule is Fc1cccc(Oc2ncccc2CNc2ccc(Br)cn2)c1. The summed E-state index contributed by atoms with van der Waals surface area (Å²) in [7, 11) is 0. The van der Waals surface area contributed by atoms with E-state index in [1.807, 2.05) is 24.3 Å². The van der Waals surface area contributed by atoms with E-state index >= 15 is 0 Å². The normalized spacial score (nSPS) is 10.3. The fourth-order valence-corrected chi connectivity index (χ4v) is 2.19. The Bertz CT molecular complexity index is 796. The standard InChI is InChI=1S/C17H13BrFN3O/c18-13-6-7-16(22-11-13)21-10-12-3-2-8-20-17(12)23-15-5-1-4-14(19)9-15/h1-9,11H,10H2,(H,21,22). The molecule has 0 unspecified atom stereocenters. The molecule has 1 N–H and O–H groups in total. The van der Waals surface area contributed by atoms with Gasteiger partial charge in [0.1, 0.15) is 17.4 Å². The van der Waals surface area contributed by atoms with E-state index in [1.165, 1.54) is 12.1 Å². The van der Waals surface area contributed by atoms with Crippen LogP contribution in [-0.4, -0.2) is 9.97 Å². The van der Waals surface area contributed by atoms with Crippen LogP contribution in [0, 0.1) is 5.82 Å². The lowest BCUT2D eigenvalue weighted by molar-refractivity contribution is 0.452. The molecule has 0 saturated carbocycles. The predicted molar refractivity (Wildman–Crippen MR) is 90.0 cm³/mol. The van der Waals surface area contributed by atoms with E-state index in [9.17, 15) is 4.39 Å². The third kappa shape index (κ3) is 4.26. The molecule has 116 valence electrons. The topological polar surface area (TPSA) is 47.0 Å². The first kappa shape index (κ1) is 15.4. The molecular weight excluding hydrogens is 361 g/mol. The van der Waals surface area contributed by atoms with Crippen molar-refractivity contribution in [3.63, 3.8) is 0 Å². The molecular formula is C17H13BrFN3O. The van der Waals surface area contributed by atoms with Gasteiger partial charge in [0.05, 0.1) is 0 Å². The Morgan fingerprint density at radius 3 is 2.78 bits per heavy atom. The Morgan fingerprint density at radius 1 is 1.09 bits per heavy atom. The molecule has 0 bridgehead atoms. The molecule has 0 amide bonds. The van der Waals surface area contributed by atoms with Crippen LogP contribution in [0.4, 0.5) is 10.2 Å². The van der Waals surface area contributed by atoms with Gasteiger partial charge in [-0.1, -0.05) is 12.1 Å². The summed E-state index contributed by atoms with van der Waals surface area (Å²) in [6, 6.07) is 13.5. The number of nitrogens with zero attached hydrogens (tertiary/aromatic N) is 2. The molecule has 0 saturated heterocycles. The molecule has 2 heterocycles. The van der Waals surface area contributed by atoms with Crippen LogP contribution < -0.4 is 10.1 Å². The number of anilines is 1. The largest absolute Gasteiger partial charge is 0.439 e. The van der Waals surface area contributed by atoms with Gasteiger partial charge in [0, 0.05) is 35.0 Å². The summed E-state index contributed by atoms with van der Waals surface area (Å²) in [4.78, 5) is 8.47. The third-order valence-corrected chi connectivity index (χ3v) is 3.52. The first-order valence-corrected chi connectivity index (χ1v) is 7.73. The molecule has 0 atom stereocenters. The van der Waals surface area contributed by atoms with Crippen LogP contribution in [0.1, 0.15) is 5.56 Å². The monoisotopic (exact) mass is 373 g/mol. The van der Waals surface area contributed by atoms with Gasteiger partial charge in [-0.15, -0.1) is 0 Å². The number of pyridine rings is 2. The number of rotatable bonds is 5. The van der Waals surface area contributed by atoms with E-state index in [0.29, 0.717) is 18.2 Å². The molecule has 0 radical (unpaired) electrons. The average Bonchev–Trinajstić information content (AvgIpc) is 2.56. The molecule has 2 aromatic heterocycles. The third-order valence-electron chi connectivity index (χ3n) is 3.05. The van der Waals surface area contributed by atoms with Crippen molar-refractivity contribution in [3.8, 4) is 11.6 Å². The van der Waals surface area contributed by atoms with Crippen molar-refractivity contribution in [2.75, 3.05) is 5.32 Å². The van der Waals surface area contributed by atoms with Crippen LogP contribution in [0.3, 0.4) is 0 Å². The molecule has 0 aliphatic rings. The summed E-state index contributed by atoms with van der Waals surface area (Å²) < 4.78 is 19.8. The molecule has 3 rings (SSSR count). The van der Waals surface area contributed by atoms with Gasteiger partial charge in [-0.2, -0.15) is 0 Å². The molecule has 6 heteroatoms. The Kier molecular flexibility index (Phi) is 4.83. The quantitative estimate of drug-likeness (QED) is 0.698. The molecule has 0 aliphatic carbocycles.